The van der Waals surface area contributed by atoms with E-state index in [2.05, 4.69) is 21.7 Å². The number of aliphatic imine (C=N–C) groups is 1. The van der Waals surface area contributed by atoms with Crippen molar-refractivity contribution in [1.29, 1.82) is 0 Å². The molecule has 0 bridgehead atoms. The quantitative estimate of drug-likeness (QED) is 0.190. The standard InChI is InChI=1S/C23H33N3O3.HI/c1-5-24-23(26-16-21(27)19-8-6-7-17(2)13-19)25-15-20-10-9-18(3)14-22(20)29-12-11-28-4;/h6-10,13-14,21,27H,5,11-12,15-16H2,1-4H3,(H2,24,25,26);1H. The second-order valence-electron chi connectivity index (χ2n) is 6.96. The van der Waals surface area contributed by atoms with Gasteiger partial charge >= 0.3 is 0 Å². The second kappa shape index (κ2) is 14.2. The van der Waals surface area contributed by atoms with E-state index in [9.17, 15) is 5.11 Å². The molecule has 1 unspecified atom stereocenters. The van der Waals surface area contributed by atoms with Gasteiger partial charge in [-0.15, -0.1) is 24.0 Å². The molecule has 2 aromatic rings. The molecule has 3 N–H and O–H groups in total. The van der Waals surface area contributed by atoms with E-state index in [4.69, 9.17) is 9.47 Å². The number of aliphatic hydroxyl groups excluding tert-OH is 1. The van der Waals surface area contributed by atoms with Crippen LogP contribution >= 0.6 is 24.0 Å². The number of aryl methyl sites for hydroxylation is 2. The maximum absolute atomic E-state index is 10.5. The van der Waals surface area contributed by atoms with Gasteiger partial charge in [0.05, 0.1) is 19.3 Å². The van der Waals surface area contributed by atoms with Crippen LogP contribution in [0.5, 0.6) is 5.75 Å². The normalized spacial score (nSPS) is 12.1. The summed E-state index contributed by atoms with van der Waals surface area (Å²) < 4.78 is 10.9. The number of hydrogen-bond acceptors (Lipinski definition) is 4. The van der Waals surface area contributed by atoms with Crippen LogP contribution in [0.1, 0.15) is 35.3 Å². The number of benzene rings is 2. The summed E-state index contributed by atoms with van der Waals surface area (Å²) in [5, 5.41) is 16.9. The molecule has 0 saturated heterocycles. The van der Waals surface area contributed by atoms with Crippen molar-refractivity contribution in [3.8, 4) is 5.75 Å². The first-order valence-corrected chi connectivity index (χ1v) is 10.0. The third kappa shape index (κ3) is 8.89. The molecule has 0 aliphatic rings. The lowest BCUT2D eigenvalue weighted by Gasteiger charge is -2.16. The van der Waals surface area contributed by atoms with Crippen LogP contribution in [0.2, 0.25) is 0 Å². The van der Waals surface area contributed by atoms with Gasteiger partial charge in [-0.2, -0.15) is 0 Å². The van der Waals surface area contributed by atoms with Crippen LogP contribution in [-0.2, 0) is 11.3 Å². The summed E-state index contributed by atoms with van der Waals surface area (Å²) in [6.45, 7) is 8.68. The van der Waals surface area contributed by atoms with Gasteiger partial charge < -0.3 is 25.2 Å². The number of methoxy groups -OCH3 is 1. The van der Waals surface area contributed by atoms with Crippen LogP contribution < -0.4 is 15.4 Å². The topological polar surface area (TPSA) is 75.1 Å². The molecule has 0 heterocycles. The van der Waals surface area contributed by atoms with E-state index >= 15 is 0 Å². The van der Waals surface area contributed by atoms with Crippen molar-refractivity contribution in [3.63, 3.8) is 0 Å². The number of hydrogen-bond donors (Lipinski definition) is 3. The first kappa shape index (κ1) is 26.2. The summed E-state index contributed by atoms with van der Waals surface area (Å²) in [4.78, 5) is 4.66. The Kier molecular flexibility index (Phi) is 12.4. The zero-order valence-corrected chi connectivity index (χ0v) is 20.6. The van der Waals surface area contributed by atoms with Crippen LogP contribution in [-0.4, -0.2) is 44.5 Å². The number of aliphatic hydroxyl groups is 1. The summed E-state index contributed by atoms with van der Waals surface area (Å²) in [6.07, 6.45) is -0.605. The van der Waals surface area contributed by atoms with Gasteiger partial charge in [-0.1, -0.05) is 42.0 Å². The SMILES string of the molecule is CCNC(=NCc1ccc(C)cc1OCCOC)NCC(O)c1cccc(C)c1.I. The summed E-state index contributed by atoms with van der Waals surface area (Å²) in [6, 6.07) is 14.0. The highest BCUT2D eigenvalue weighted by molar-refractivity contribution is 14.0. The minimum Gasteiger partial charge on any atom is -0.491 e. The van der Waals surface area contributed by atoms with Gasteiger partial charge in [-0.05, 0) is 38.0 Å². The van der Waals surface area contributed by atoms with Gasteiger partial charge in [-0.3, -0.25) is 0 Å². The van der Waals surface area contributed by atoms with Gasteiger partial charge in [0.2, 0.25) is 0 Å². The molecule has 2 rings (SSSR count). The lowest BCUT2D eigenvalue weighted by molar-refractivity contribution is 0.145. The number of rotatable bonds is 10. The van der Waals surface area contributed by atoms with Crippen LogP contribution in [0.4, 0.5) is 0 Å². The molecule has 6 nitrogen and oxygen atoms in total. The fourth-order valence-corrected chi connectivity index (χ4v) is 2.86. The molecule has 166 valence electrons. The zero-order valence-electron chi connectivity index (χ0n) is 18.3. The first-order valence-electron chi connectivity index (χ1n) is 10.0. The van der Waals surface area contributed by atoms with Crippen molar-refractivity contribution in [2.75, 3.05) is 33.4 Å². The average Bonchev–Trinajstić information content (AvgIpc) is 2.71. The Morgan fingerprint density at radius 1 is 1.07 bits per heavy atom. The van der Waals surface area contributed by atoms with Crippen molar-refractivity contribution in [2.45, 2.75) is 33.4 Å². The van der Waals surface area contributed by atoms with E-state index < -0.39 is 6.10 Å². The van der Waals surface area contributed by atoms with Crippen molar-refractivity contribution in [2.24, 2.45) is 4.99 Å². The Bertz CT molecular complexity index is 799. The third-order valence-electron chi connectivity index (χ3n) is 4.41. The van der Waals surface area contributed by atoms with E-state index in [1.165, 1.54) is 0 Å². The lowest BCUT2D eigenvalue weighted by atomic mass is 10.1. The maximum atomic E-state index is 10.5. The Labute approximate surface area is 197 Å². The van der Waals surface area contributed by atoms with Crippen molar-refractivity contribution >= 4 is 29.9 Å². The van der Waals surface area contributed by atoms with Gasteiger partial charge in [-0.25, -0.2) is 4.99 Å². The lowest BCUT2D eigenvalue weighted by Crippen LogP contribution is -2.39. The Morgan fingerprint density at radius 3 is 2.53 bits per heavy atom. The average molecular weight is 527 g/mol. The molecule has 1 atom stereocenters. The van der Waals surface area contributed by atoms with Crippen LogP contribution in [0.25, 0.3) is 0 Å². The van der Waals surface area contributed by atoms with Gasteiger partial charge in [0, 0.05) is 25.8 Å². The van der Waals surface area contributed by atoms with Gasteiger partial charge in [0.1, 0.15) is 12.4 Å². The van der Waals surface area contributed by atoms with Crippen molar-refractivity contribution in [3.05, 3.63) is 64.7 Å². The Hall–Kier alpha value is -1.84. The number of ether oxygens (including phenoxy) is 2. The highest BCUT2D eigenvalue weighted by atomic mass is 127. The van der Waals surface area contributed by atoms with Gasteiger partial charge in [0.25, 0.3) is 0 Å². The van der Waals surface area contributed by atoms with Crippen LogP contribution in [0.15, 0.2) is 47.5 Å². The predicted molar refractivity (Wildman–Crippen MR) is 133 cm³/mol. The zero-order chi connectivity index (χ0) is 21.1. The number of guanidine groups is 1. The van der Waals surface area contributed by atoms with E-state index in [0.29, 0.717) is 32.3 Å². The van der Waals surface area contributed by atoms with E-state index in [1.54, 1.807) is 7.11 Å². The molecule has 2 aromatic carbocycles. The van der Waals surface area contributed by atoms with Crippen molar-refractivity contribution in [1.82, 2.24) is 10.6 Å². The molecular weight excluding hydrogens is 493 g/mol. The molecule has 0 aliphatic heterocycles. The minimum atomic E-state index is -0.605. The molecule has 0 spiro atoms. The summed E-state index contributed by atoms with van der Waals surface area (Å²) in [5.41, 5.74) is 4.16. The van der Waals surface area contributed by atoms with Crippen LogP contribution in [0.3, 0.4) is 0 Å². The highest BCUT2D eigenvalue weighted by Gasteiger charge is 2.09. The fourth-order valence-electron chi connectivity index (χ4n) is 2.86. The van der Waals surface area contributed by atoms with E-state index in [1.807, 2.05) is 57.2 Å². The van der Waals surface area contributed by atoms with E-state index in [0.717, 1.165) is 34.5 Å². The molecule has 0 fully saturated rings. The smallest absolute Gasteiger partial charge is 0.191 e. The summed E-state index contributed by atoms with van der Waals surface area (Å²) in [5.74, 6) is 1.48. The first-order chi connectivity index (χ1) is 14.0. The molecule has 0 aliphatic carbocycles. The van der Waals surface area contributed by atoms with E-state index in [-0.39, 0.29) is 24.0 Å². The largest absolute Gasteiger partial charge is 0.491 e. The molecule has 30 heavy (non-hydrogen) atoms. The molecule has 0 saturated carbocycles. The minimum absolute atomic E-state index is 0. The predicted octanol–water partition coefficient (Wildman–Crippen LogP) is 3.74. The molecule has 7 heteroatoms. The summed E-state index contributed by atoms with van der Waals surface area (Å²) in [7, 11) is 1.66. The molecule has 0 amide bonds. The second-order valence-corrected chi connectivity index (χ2v) is 6.96. The Balaban J connectivity index is 0.00000450. The number of halogens is 1. The third-order valence-corrected chi connectivity index (χ3v) is 4.41. The number of nitrogens with zero attached hydrogens (tertiary/aromatic N) is 1. The molecule has 0 aromatic heterocycles. The Morgan fingerprint density at radius 2 is 1.83 bits per heavy atom. The maximum Gasteiger partial charge on any atom is 0.191 e. The highest BCUT2D eigenvalue weighted by Crippen LogP contribution is 2.21. The van der Waals surface area contributed by atoms with Crippen LogP contribution in [0, 0.1) is 13.8 Å². The molecule has 0 radical (unpaired) electrons. The summed E-state index contributed by atoms with van der Waals surface area (Å²) >= 11 is 0. The monoisotopic (exact) mass is 527 g/mol. The van der Waals surface area contributed by atoms with Crippen molar-refractivity contribution < 1.29 is 14.6 Å². The number of nitrogens with one attached hydrogen (secondary N) is 2. The molecular formula is C23H34IN3O3. The van der Waals surface area contributed by atoms with Gasteiger partial charge in [0.15, 0.2) is 5.96 Å². The fraction of sp³-hybridized carbons (Fsp3) is 0.435.